The van der Waals surface area contributed by atoms with Crippen molar-refractivity contribution < 1.29 is 4.84 Å². The molecule has 0 radical (unpaired) electrons. The number of rotatable bonds is 3. The number of para-hydroxylation sites is 1. The van der Waals surface area contributed by atoms with Gasteiger partial charge in [-0.1, -0.05) is 18.2 Å². The Hall–Kier alpha value is -1.32. The number of hydrogen-bond donors (Lipinski definition) is 1. The summed E-state index contributed by atoms with van der Waals surface area (Å²) >= 11 is 0. The van der Waals surface area contributed by atoms with Gasteiger partial charge in [0.1, 0.15) is 0 Å². The van der Waals surface area contributed by atoms with Crippen molar-refractivity contribution >= 4 is 10.9 Å². The molecule has 0 aliphatic heterocycles. The van der Waals surface area contributed by atoms with E-state index in [0.29, 0.717) is 6.61 Å². The standard InChI is InChI=1S/C12H16N2O/c1-9-10(7-8-15-13)11-5-3-4-6-12(11)14(9)2/h3-6H,7-8,13H2,1-2H3. The van der Waals surface area contributed by atoms with Gasteiger partial charge >= 0.3 is 0 Å². The Labute approximate surface area is 89.4 Å². The molecule has 1 aromatic carbocycles. The lowest BCUT2D eigenvalue weighted by atomic mass is 10.1. The van der Waals surface area contributed by atoms with Gasteiger partial charge in [-0.2, -0.15) is 0 Å². The van der Waals surface area contributed by atoms with E-state index < -0.39 is 0 Å². The van der Waals surface area contributed by atoms with Crippen LogP contribution in [0.1, 0.15) is 11.3 Å². The Kier molecular flexibility index (Phi) is 2.75. The maximum absolute atomic E-state index is 5.07. The summed E-state index contributed by atoms with van der Waals surface area (Å²) in [7, 11) is 2.09. The first-order valence-electron chi connectivity index (χ1n) is 5.10. The minimum absolute atomic E-state index is 0.564. The van der Waals surface area contributed by atoms with Crippen LogP contribution in [0, 0.1) is 6.92 Å². The minimum Gasteiger partial charge on any atom is -0.348 e. The second kappa shape index (κ2) is 4.04. The maximum atomic E-state index is 5.07. The fourth-order valence-corrected chi connectivity index (χ4v) is 2.08. The number of hydrogen-bond acceptors (Lipinski definition) is 2. The topological polar surface area (TPSA) is 40.2 Å². The molecule has 2 aromatic rings. The van der Waals surface area contributed by atoms with Crippen LogP contribution in [0.3, 0.4) is 0 Å². The molecule has 0 saturated carbocycles. The van der Waals surface area contributed by atoms with Gasteiger partial charge < -0.3 is 9.40 Å². The van der Waals surface area contributed by atoms with Crippen LogP contribution in [0.25, 0.3) is 10.9 Å². The number of benzene rings is 1. The van der Waals surface area contributed by atoms with Crippen molar-refractivity contribution in [1.82, 2.24) is 4.57 Å². The molecule has 1 heterocycles. The van der Waals surface area contributed by atoms with E-state index in [1.807, 2.05) is 0 Å². The Morgan fingerprint density at radius 2 is 2.07 bits per heavy atom. The Balaban J connectivity index is 2.56. The number of nitrogens with two attached hydrogens (primary N) is 1. The van der Waals surface area contributed by atoms with E-state index in [-0.39, 0.29) is 0 Å². The summed E-state index contributed by atoms with van der Waals surface area (Å²) in [5.41, 5.74) is 3.88. The number of nitrogens with zero attached hydrogens (tertiary/aromatic N) is 1. The van der Waals surface area contributed by atoms with Crippen molar-refractivity contribution in [2.75, 3.05) is 6.61 Å². The Morgan fingerprint density at radius 1 is 1.33 bits per heavy atom. The smallest absolute Gasteiger partial charge is 0.0720 e. The van der Waals surface area contributed by atoms with Crippen molar-refractivity contribution in [3.8, 4) is 0 Å². The fourth-order valence-electron chi connectivity index (χ4n) is 2.08. The normalized spacial score (nSPS) is 11.1. The molecule has 0 aliphatic carbocycles. The van der Waals surface area contributed by atoms with Gasteiger partial charge in [-0.15, -0.1) is 0 Å². The molecule has 3 heteroatoms. The highest BCUT2D eigenvalue weighted by Crippen LogP contribution is 2.24. The summed E-state index contributed by atoms with van der Waals surface area (Å²) in [4.78, 5) is 4.65. The molecule has 0 fully saturated rings. The third-order valence-electron chi connectivity index (χ3n) is 3.00. The molecule has 3 nitrogen and oxygen atoms in total. The van der Waals surface area contributed by atoms with E-state index in [1.165, 1.54) is 22.2 Å². The highest BCUT2D eigenvalue weighted by Gasteiger charge is 2.10. The molecular weight excluding hydrogens is 188 g/mol. The summed E-state index contributed by atoms with van der Waals surface area (Å²) in [6.45, 7) is 2.70. The van der Waals surface area contributed by atoms with E-state index in [0.717, 1.165) is 6.42 Å². The zero-order chi connectivity index (χ0) is 10.8. The van der Waals surface area contributed by atoms with Gasteiger partial charge in [0, 0.05) is 30.1 Å². The van der Waals surface area contributed by atoms with Gasteiger partial charge in [0.15, 0.2) is 0 Å². The van der Waals surface area contributed by atoms with Crippen molar-refractivity contribution in [2.24, 2.45) is 12.9 Å². The van der Waals surface area contributed by atoms with Crippen molar-refractivity contribution in [2.45, 2.75) is 13.3 Å². The molecule has 0 unspecified atom stereocenters. The average molecular weight is 204 g/mol. The van der Waals surface area contributed by atoms with Gasteiger partial charge in [-0.05, 0) is 18.6 Å². The lowest BCUT2D eigenvalue weighted by molar-refractivity contribution is 0.141. The summed E-state index contributed by atoms with van der Waals surface area (Å²) in [5.74, 6) is 5.07. The van der Waals surface area contributed by atoms with Gasteiger partial charge in [-0.3, -0.25) is 0 Å². The predicted octanol–water partition coefficient (Wildman–Crippen LogP) is 1.92. The van der Waals surface area contributed by atoms with Crippen LogP contribution in [0.15, 0.2) is 24.3 Å². The summed E-state index contributed by atoms with van der Waals surface area (Å²) in [5, 5.41) is 1.30. The predicted molar refractivity (Wildman–Crippen MR) is 61.5 cm³/mol. The monoisotopic (exact) mass is 204 g/mol. The second-order valence-corrected chi connectivity index (χ2v) is 3.76. The quantitative estimate of drug-likeness (QED) is 0.776. The van der Waals surface area contributed by atoms with Crippen molar-refractivity contribution in [1.29, 1.82) is 0 Å². The van der Waals surface area contributed by atoms with Crippen LogP contribution in [0.5, 0.6) is 0 Å². The number of fused-ring (bicyclic) bond motifs is 1. The molecule has 0 bridgehead atoms. The van der Waals surface area contributed by atoms with Crippen LogP contribution >= 0.6 is 0 Å². The molecule has 0 spiro atoms. The van der Waals surface area contributed by atoms with Gasteiger partial charge in [0.25, 0.3) is 0 Å². The molecule has 80 valence electrons. The fraction of sp³-hybridized carbons (Fsp3) is 0.333. The summed E-state index contributed by atoms with van der Waals surface area (Å²) in [6, 6.07) is 8.41. The lowest BCUT2D eigenvalue weighted by Crippen LogP contribution is -2.04. The third-order valence-corrected chi connectivity index (χ3v) is 3.00. The van der Waals surface area contributed by atoms with E-state index in [4.69, 9.17) is 5.90 Å². The molecule has 0 amide bonds. The SMILES string of the molecule is Cc1c(CCON)c2ccccc2n1C. The van der Waals surface area contributed by atoms with Gasteiger partial charge in [-0.25, -0.2) is 5.90 Å². The van der Waals surface area contributed by atoms with Crippen LogP contribution in [0.4, 0.5) is 0 Å². The van der Waals surface area contributed by atoms with Crippen molar-refractivity contribution in [3.05, 3.63) is 35.5 Å². The zero-order valence-electron chi connectivity index (χ0n) is 9.16. The van der Waals surface area contributed by atoms with E-state index in [9.17, 15) is 0 Å². The molecule has 0 aliphatic rings. The van der Waals surface area contributed by atoms with Crippen LogP contribution in [-0.4, -0.2) is 11.2 Å². The highest BCUT2D eigenvalue weighted by atomic mass is 16.6. The van der Waals surface area contributed by atoms with Crippen LogP contribution in [0.2, 0.25) is 0 Å². The molecule has 0 atom stereocenters. The lowest BCUT2D eigenvalue weighted by Gasteiger charge is -2.00. The van der Waals surface area contributed by atoms with Gasteiger partial charge in [0.05, 0.1) is 6.61 Å². The maximum Gasteiger partial charge on any atom is 0.0720 e. The Morgan fingerprint density at radius 3 is 2.80 bits per heavy atom. The minimum atomic E-state index is 0.564. The van der Waals surface area contributed by atoms with E-state index in [2.05, 4.69) is 47.6 Å². The number of aromatic nitrogens is 1. The molecule has 15 heavy (non-hydrogen) atoms. The zero-order valence-corrected chi connectivity index (χ0v) is 9.16. The van der Waals surface area contributed by atoms with Crippen LogP contribution in [-0.2, 0) is 18.3 Å². The average Bonchev–Trinajstić information content (AvgIpc) is 2.51. The van der Waals surface area contributed by atoms with E-state index >= 15 is 0 Å². The highest BCUT2D eigenvalue weighted by molar-refractivity contribution is 5.85. The summed E-state index contributed by atoms with van der Waals surface area (Å²) in [6.07, 6.45) is 0.865. The molecule has 0 saturated heterocycles. The first kappa shape index (κ1) is 10.2. The second-order valence-electron chi connectivity index (χ2n) is 3.76. The molecular formula is C12H16N2O. The third kappa shape index (κ3) is 1.64. The van der Waals surface area contributed by atoms with Gasteiger partial charge in [0.2, 0.25) is 0 Å². The first-order chi connectivity index (χ1) is 7.25. The van der Waals surface area contributed by atoms with Crippen LogP contribution < -0.4 is 5.90 Å². The molecule has 2 rings (SSSR count). The summed E-state index contributed by atoms with van der Waals surface area (Å²) < 4.78 is 2.21. The molecule has 2 N–H and O–H groups in total. The molecule has 1 aromatic heterocycles. The number of aryl methyl sites for hydroxylation is 1. The van der Waals surface area contributed by atoms with E-state index in [1.54, 1.807) is 0 Å². The van der Waals surface area contributed by atoms with Crippen molar-refractivity contribution in [3.63, 3.8) is 0 Å². The first-order valence-corrected chi connectivity index (χ1v) is 5.10. The Bertz CT molecular complexity index is 474. The largest absolute Gasteiger partial charge is 0.348 e.